The maximum atomic E-state index is 5.90. The van der Waals surface area contributed by atoms with Crippen molar-refractivity contribution in [3.63, 3.8) is 0 Å². The molecule has 15 heavy (non-hydrogen) atoms. The Kier molecular flexibility index (Phi) is 2.44. The lowest BCUT2D eigenvalue weighted by Gasteiger charge is -2.40. The third-order valence-electron chi connectivity index (χ3n) is 2.62. The van der Waals surface area contributed by atoms with Crippen molar-refractivity contribution in [3.05, 3.63) is 18.2 Å². The molecule has 4 N–H and O–H groups in total. The van der Waals surface area contributed by atoms with Gasteiger partial charge in [-0.05, 0) is 25.1 Å². The zero-order chi connectivity index (χ0) is 10.9. The van der Waals surface area contributed by atoms with E-state index in [9.17, 15) is 0 Å². The highest BCUT2D eigenvalue weighted by atomic mass is 16.5. The van der Waals surface area contributed by atoms with Gasteiger partial charge in [0, 0.05) is 12.7 Å². The lowest BCUT2D eigenvalue weighted by atomic mass is 10.00. The predicted molar refractivity (Wildman–Crippen MR) is 63.2 cm³/mol. The first kappa shape index (κ1) is 10.1. The van der Waals surface area contributed by atoms with Crippen LogP contribution in [-0.2, 0) is 4.74 Å². The van der Waals surface area contributed by atoms with Gasteiger partial charge in [-0.25, -0.2) is 0 Å². The van der Waals surface area contributed by atoms with Crippen molar-refractivity contribution in [2.75, 3.05) is 36.6 Å². The summed E-state index contributed by atoms with van der Waals surface area (Å²) in [5, 5.41) is 6.50. The number of nitrogen functional groups attached to an aromatic ring is 1. The lowest BCUT2D eigenvalue weighted by molar-refractivity contribution is -0.0317. The lowest BCUT2D eigenvalue weighted by Crippen LogP contribution is -2.53. The molecule has 1 fully saturated rings. The van der Waals surface area contributed by atoms with Crippen molar-refractivity contribution >= 4 is 17.1 Å². The van der Waals surface area contributed by atoms with E-state index in [0.717, 1.165) is 30.3 Å². The van der Waals surface area contributed by atoms with Crippen molar-refractivity contribution in [1.82, 2.24) is 0 Å². The molecule has 4 nitrogen and oxygen atoms in total. The minimum atomic E-state index is 0.0283. The van der Waals surface area contributed by atoms with Crippen molar-refractivity contribution in [3.8, 4) is 0 Å². The standard InChI is InChI=1S/C11H17N3O/c1-11(6-15-7-11)14-10-5-8(13-2)3-4-9(10)12/h3-5,13-14H,6-7,12H2,1-2H3. The largest absolute Gasteiger partial charge is 0.397 e. The number of nitrogens with two attached hydrogens (primary N) is 1. The Morgan fingerprint density at radius 2 is 2.13 bits per heavy atom. The summed E-state index contributed by atoms with van der Waals surface area (Å²) in [6.07, 6.45) is 0. The van der Waals surface area contributed by atoms with Gasteiger partial charge < -0.3 is 21.1 Å². The molecule has 0 radical (unpaired) electrons. The van der Waals surface area contributed by atoms with E-state index >= 15 is 0 Å². The molecule has 82 valence electrons. The summed E-state index contributed by atoms with van der Waals surface area (Å²) in [6, 6.07) is 5.87. The molecule has 0 amide bonds. The summed E-state index contributed by atoms with van der Waals surface area (Å²) < 4.78 is 5.19. The minimum Gasteiger partial charge on any atom is -0.397 e. The van der Waals surface area contributed by atoms with Gasteiger partial charge in [-0.2, -0.15) is 0 Å². The first-order valence-electron chi connectivity index (χ1n) is 5.06. The van der Waals surface area contributed by atoms with Crippen LogP contribution in [-0.4, -0.2) is 25.8 Å². The van der Waals surface area contributed by atoms with Crippen LogP contribution < -0.4 is 16.4 Å². The second-order valence-corrected chi connectivity index (χ2v) is 4.23. The van der Waals surface area contributed by atoms with Crippen molar-refractivity contribution in [2.24, 2.45) is 0 Å². The zero-order valence-corrected chi connectivity index (χ0v) is 9.13. The van der Waals surface area contributed by atoms with Crippen LogP contribution in [0.1, 0.15) is 6.92 Å². The van der Waals surface area contributed by atoms with E-state index in [0.29, 0.717) is 0 Å². The number of rotatable bonds is 3. The van der Waals surface area contributed by atoms with Crippen molar-refractivity contribution in [1.29, 1.82) is 0 Å². The molecule has 1 aliphatic rings. The van der Waals surface area contributed by atoms with Gasteiger partial charge in [-0.1, -0.05) is 0 Å². The molecule has 1 heterocycles. The number of hydrogen-bond acceptors (Lipinski definition) is 4. The smallest absolute Gasteiger partial charge is 0.0812 e. The molecular weight excluding hydrogens is 190 g/mol. The first-order valence-corrected chi connectivity index (χ1v) is 5.06. The Balaban J connectivity index is 2.19. The molecule has 0 bridgehead atoms. The third kappa shape index (κ3) is 1.99. The van der Waals surface area contributed by atoms with Gasteiger partial charge in [0.1, 0.15) is 0 Å². The van der Waals surface area contributed by atoms with E-state index in [2.05, 4.69) is 17.6 Å². The van der Waals surface area contributed by atoms with Gasteiger partial charge in [-0.3, -0.25) is 0 Å². The van der Waals surface area contributed by atoms with Gasteiger partial charge in [0.2, 0.25) is 0 Å². The first-order chi connectivity index (χ1) is 7.13. The van der Waals surface area contributed by atoms with Crippen LogP contribution in [0.2, 0.25) is 0 Å². The highest BCUT2D eigenvalue weighted by Crippen LogP contribution is 2.28. The summed E-state index contributed by atoms with van der Waals surface area (Å²) in [6.45, 7) is 3.59. The van der Waals surface area contributed by atoms with Crippen molar-refractivity contribution < 1.29 is 4.74 Å². The highest BCUT2D eigenvalue weighted by Gasteiger charge is 2.33. The number of benzene rings is 1. The molecule has 1 aliphatic heterocycles. The quantitative estimate of drug-likeness (QED) is 0.658. The molecule has 4 heteroatoms. The molecule has 0 aliphatic carbocycles. The number of anilines is 3. The topological polar surface area (TPSA) is 59.3 Å². The molecule has 0 aromatic heterocycles. The van der Waals surface area contributed by atoms with Gasteiger partial charge in [-0.15, -0.1) is 0 Å². The monoisotopic (exact) mass is 207 g/mol. The van der Waals surface area contributed by atoms with E-state index in [1.807, 2.05) is 25.2 Å². The minimum absolute atomic E-state index is 0.0283. The molecule has 1 saturated heterocycles. The van der Waals surface area contributed by atoms with Gasteiger partial charge in [0.05, 0.1) is 30.1 Å². The van der Waals surface area contributed by atoms with Crippen LogP contribution in [0, 0.1) is 0 Å². The van der Waals surface area contributed by atoms with E-state index in [1.54, 1.807) is 0 Å². The van der Waals surface area contributed by atoms with Crippen LogP contribution >= 0.6 is 0 Å². The fourth-order valence-corrected chi connectivity index (χ4v) is 1.63. The molecule has 0 atom stereocenters. The molecule has 1 aromatic carbocycles. The van der Waals surface area contributed by atoms with Crippen LogP contribution in [0.4, 0.5) is 17.1 Å². The van der Waals surface area contributed by atoms with E-state index in [-0.39, 0.29) is 5.54 Å². The summed E-state index contributed by atoms with van der Waals surface area (Å²) in [4.78, 5) is 0. The summed E-state index contributed by atoms with van der Waals surface area (Å²) in [5.41, 5.74) is 8.71. The van der Waals surface area contributed by atoms with E-state index in [1.165, 1.54) is 0 Å². The average molecular weight is 207 g/mol. The second-order valence-electron chi connectivity index (χ2n) is 4.23. The van der Waals surface area contributed by atoms with Crippen molar-refractivity contribution in [2.45, 2.75) is 12.5 Å². The Labute approximate surface area is 89.8 Å². The summed E-state index contributed by atoms with van der Waals surface area (Å²) >= 11 is 0. The fraction of sp³-hybridized carbons (Fsp3) is 0.455. The Hall–Kier alpha value is -1.42. The molecule has 0 unspecified atom stereocenters. The number of nitrogens with one attached hydrogen (secondary N) is 2. The van der Waals surface area contributed by atoms with Gasteiger partial charge in [0.15, 0.2) is 0 Å². The van der Waals surface area contributed by atoms with Crippen LogP contribution in [0.3, 0.4) is 0 Å². The van der Waals surface area contributed by atoms with Crippen LogP contribution in [0.5, 0.6) is 0 Å². The average Bonchev–Trinajstić information content (AvgIpc) is 2.19. The van der Waals surface area contributed by atoms with Crippen LogP contribution in [0.15, 0.2) is 18.2 Å². The molecule has 0 spiro atoms. The maximum absolute atomic E-state index is 5.90. The van der Waals surface area contributed by atoms with Gasteiger partial charge >= 0.3 is 0 Å². The van der Waals surface area contributed by atoms with E-state index < -0.39 is 0 Å². The predicted octanol–water partition coefficient (Wildman–Crippen LogP) is 1.51. The second kappa shape index (κ2) is 3.62. The molecule has 1 aromatic rings. The maximum Gasteiger partial charge on any atom is 0.0812 e. The summed E-state index contributed by atoms with van der Waals surface area (Å²) in [7, 11) is 1.89. The Morgan fingerprint density at radius 1 is 1.40 bits per heavy atom. The summed E-state index contributed by atoms with van der Waals surface area (Å²) in [5.74, 6) is 0. The number of hydrogen-bond donors (Lipinski definition) is 3. The van der Waals surface area contributed by atoms with Gasteiger partial charge in [0.25, 0.3) is 0 Å². The third-order valence-corrected chi connectivity index (χ3v) is 2.62. The molecule has 0 saturated carbocycles. The molecule has 2 rings (SSSR count). The number of ether oxygens (including phenoxy) is 1. The zero-order valence-electron chi connectivity index (χ0n) is 9.13. The van der Waals surface area contributed by atoms with Crippen LogP contribution in [0.25, 0.3) is 0 Å². The molecular formula is C11H17N3O. The fourth-order valence-electron chi connectivity index (χ4n) is 1.63. The Bertz CT molecular complexity index is 361. The normalized spacial score (nSPS) is 18.0. The van der Waals surface area contributed by atoms with E-state index in [4.69, 9.17) is 10.5 Å². The highest BCUT2D eigenvalue weighted by molar-refractivity contribution is 5.72. The Morgan fingerprint density at radius 3 is 2.67 bits per heavy atom. The SMILES string of the molecule is CNc1ccc(N)c(NC2(C)COC2)c1.